The van der Waals surface area contributed by atoms with Crippen molar-refractivity contribution in [3.8, 4) is 12.3 Å². The number of aromatic nitrogens is 2. The molecule has 0 saturated heterocycles. The summed E-state index contributed by atoms with van der Waals surface area (Å²) in [7, 11) is 0. The Labute approximate surface area is 124 Å². The van der Waals surface area contributed by atoms with E-state index in [-0.39, 0.29) is 34.9 Å². The average Bonchev–Trinajstić information content (AvgIpc) is 2.44. The number of carbonyl (C=O) groups excluding carboxylic acids is 1. The van der Waals surface area contributed by atoms with Crippen molar-refractivity contribution in [3.05, 3.63) is 39.0 Å². The van der Waals surface area contributed by atoms with Crippen LogP contribution in [0.4, 0.5) is 4.39 Å². The van der Waals surface area contributed by atoms with E-state index in [1.807, 2.05) is 0 Å². The van der Waals surface area contributed by atoms with Gasteiger partial charge in [-0.05, 0) is 13.0 Å². The zero-order chi connectivity index (χ0) is 15.6. The Kier molecular flexibility index (Phi) is 4.24. The Bertz CT molecular complexity index is 824. The Morgan fingerprint density at radius 2 is 2.33 bits per heavy atom. The number of esters is 1. The molecule has 0 aromatic carbocycles. The Morgan fingerprint density at radius 3 is 2.95 bits per heavy atom. The summed E-state index contributed by atoms with van der Waals surface area (Å²) in [6.07, 6.45) is 6.48. The molecule has 0 aliphatic heterocycles. The summed E-state index contributed by atoms with van der Waals surface area (Å²) in [5.74, 6) is 0.707. The van der Waals surface area contributed by atoms with Gasteiger partial charge in [0.25, 0.3) is 0 Å². The number of hydrogen-bond donors (Lipinski definition) is 0. The third-order valence-corrected chi connectivity index (χ3v) is 2.98. The molecule has 2 heterocycles. The number of hydrogen-bond acceptors (Lipinski definition) is 4. The van der Waals surface area contributed by atoms with Gasteiger partial charge in [0.05, 0.1) is 18.5 Å². The van der Waals surface area contributed by atoms with Gasteiger partial charge in [-0.3, -0.25) is 4.79 Å². The van der Waals surface area contributed by atoms with Crippen molar-refractivity contribution in [2.45, 2.75) is 13.5 Å². The number of rotatable bonds is 3. The van der Waals surface area contributed by atoms with E-state index < -0.39 is 17.2 Å². The molecule has 108 valence electrons. The van der Waals surface area contributed by atoms with E-state index in [4.69, 9.17) is 22.8 Å². The first-order valence-electron chi connectivity index (χ1n) is 5.99. The fraction of sp³-hybridized carbons (Fsp3) is 0.214. The minimum atomic E-state index is -0.852. The lowest BCUT2D eigenvalue weighted by Gasteiger charge is -2.10. The third-order valence-electron chi connectivity index (χ3n) is 2.72. The van der Waals surface area contributed by atoms with Gasteiger partial charge in [-0.2, -0.15) is 0 Å². The molecule has 7 heteroatoms. The summed E-state index contributed by atoms with van der Waals surface area (Å²) in [5, 5.41) is -0.464. The quantitative estimate of drug-likeness (QED) is 0.494. The SMILES string of the molecule is C#CCn1cc(C(=O)OCC)c(=O)c2cc(F)c(Cl)nc21. The van der Waals surface area contributed by atoms with Gasteiger partial charge in [0.2, 0.25) is 5.43 Å². The number of carbonyl (C=O) groups is 1. The van der Waals surface area contributed by atoms with Crippen LogP contribution in [-0.2, 0) is 11.3 Å². The molecule has 2 aromatic heterocycles. The van der Waals surface area contributed by atoms with Crippen LogP contribution >= 0.6 is 11.6 Å². The van der Waals surface area contributed by atoms with Crippen molar-refractivity contribution in [2.75, 3.05) is 6.61 Å². The lowest BCUT2D eigenvalue weighted by atomic mass is 10.2. The number of halogens is 2. The highest BCUT2D eigenvalue weighted by Crippen LogP contribution is 2.18. The Balaban J connectivity index is 2.83. The largest absolute Gasteiger partial charge is 0.462 e. The maximum Gasteiger partial charge on any atom is 0.343 e. The highest BCUT2D eigenvalue weighted by molar-refractivity contribution is 6.29. The van der Waals surface area contributed by atoms with Crippen LogP contribution < -0.4 is 5.43 Å². The summed E-state index contributed by atoms with van der Waals surface area (Å²) in [4.78, 5) is 27.8. The first-order chi connectivity index (χ1) is 9.99. The van der Waals surface area contributed by atoms with Gasteiger partial charge in [0.1, 0.15) is 11.2 Å². The Hall–Kier alpha value is -2.39. The molecule has 2 aromatic rings. The maximum atomic E-state index is 13.5. The van der Waals surface area contributed by atoms with Crippen LogP contribution in [0, 0.1) is 18.2 Å². The molecule has 5 nitrogen and oxygen atoms in total. The van der Waals surface area contributed by atoms with Crippen molar-refractivity contribution in [1.82, 2.24) is 9.55 Å². The second-order valence-corrected chi connectivity index (χ2v) is 4.41. The van der Waals surface area contributed by atoms with Crippen LogP contribution in [0.25, 0.3) is 11.0 Å². The molecule has 0 N–H and O–H groups in total. The fourth-order valence-electron chi connectivity index (χ4n) is 1.84. The summed E-state index contributed by atoms with van der Waals surface area (Å²) in [5.41, 5.74) is -0.805. The number of nitrogens with zero attached hydrogens (tertiary/aromatic N) is 2. The van der Waals surface area contributed by atoms with Crippen LogP contribution in [0.2, 0.25) is 5.15 Å². The van der Waals surface area contributed by atoms with E-state index in [9.17, 15) is 14.0 Å². The molecule has 0 fully saturated rings. The lowest BCUT2D eigenvalue weighted by Crippen LogP contribution is -2.21. The molecule has 0 aliphatic carbocycles. The van der Waals surface area contributed by atoms with Gasteiger partial charge < -0.3 is 9.30 Å². The van der Waals surface area contributed by atoms with Gasteiger partial charge >= 0.3 is 5.97 Å². The molecule has 0 radical (unpaired) electrons. The molecule has 0 unspecified atom stereocenters. The fourth-order valence-corrected chi connectivity index (χ4v) is 1.97. The second kappa shape index (κ2) is 5.94. The van der Waals surface area contributed by atoms with E-state index in [0.717, 1.165) is 6.07 Å². The van der Waals surface area contributed by atoms with Crippen LogP contribution in [0.15, 0.2) is 17.1 Å². The number of terminal acetylenes is 1. The number of fused-ring (bicyclic) bond motifs is 1. The minimum Gasteiger partial charge on any atom is -0.462 e. The molecule has 0 saturated carbocycles. The predicted molar refractivity (Wildman–Crippen MR) is 75.8 cm³/mol. The van der Waals surface area contributed by atoms with Crippen LogP contribution in [0.3, 0.4) is 0 Å². The van der Waals surface area contributed by atoms with Gasteiger partial charge in [0, 0.05) is 6.20 Å². The van der Waals surface area contributed by atoms with E-state index in [1.54, 1.807) is 6.92 Å². The highest BCUT2D eigenvalue weighted by Gasteiger charge is 2.18. The first-order valence-corrected chi connectivity index (χ1v) is 6.37. The Morgan fingerprint density at radius 1 is 1.62 bits per heavy atom. The van der Waals surface area contributed by atoms with Gasteiger partial charge in [-0.15, -0.1) is 6.42 Å². The van der Waals surface area contributed by atoms with Gasteiger partial charge in [-0.1, -0.05) is 17.5 Å². The molecule has 0 bridgehead atoms. The summed E-state index contributed by atoms with van der Waals surface area (Å²) in [6, 6.07) is 0.933. The molecular formula is C14H10ClFN2O3. The third kappa shape index (κ3) is 2.73. The van der Waals surface area contributed by atoms with Gasteiger partial charge in [0.15, 0.2) is 11.0 Å². The van der Waals surface area contributed by atoms with Crippen LogP contribution in [0.1, 0.15) is 17.3 Å². The topological polar surface area (TPSA) is 61.2 Å². The van der Waals surface area contributed by atoms with E-state index >= 15 is 0 Å². The smallest absolute Gasteiger partial charge is 0.343 e. The molecule has 2 rings (SSSR count). The monoisotopic (exact) mass is 308 g/mol. The summed E-state index contributed by atoms with van der Waals surface area (Å²) < 4.78 is 19.7. The molecule has 0 spiro atoms. The molecular weight excluding hydrogens is 299 g/mol. The van der Waals surface area contributed by atoms with Crippen molar-refractivity contribution in [2.24, 2.45) is 0 Å². The van der Waals surface area contributed by atoms with E-state index in [1.165, 1.54) is 10.8 Å². The molecule has 0 amide bonds. The predicted octanol–water partition coefficient (Wildman–Crippen LogP) is 2.00. The standard InChI is InChI=1S/C14H10ClFN2O3/c1-3-5-18-7-9(14(20)21-4-2)11(19)8-6-10(16)12(15)17-13(8)18/h1,6-7H,4-5H2,2H3. The number of ether oxygens (including phenoxy) is 1. The zero-order valence-electron chi connectivity index (χ0n) is 11.0. The highest BCUT2D eigenvalue weighted by atomic mass is 35.5. The van der Waals surface area contributed by atoms with Crippen molar-refractivity contribution >= 4 is 28.6 Å². The first kappa shape index (κ1) is 15.0. The second-order valence-electron chi connectivity index (χ2n) is 4.06. The molecule has 0 atom stereocenters. The van der Waals surface area contributed by atoms with E-state index in [0.29, 0.717) is 0 Å². The van der Waals surface area contributed by atoms with E-state index in [2.05, 4.69) is 10.9 Å². The van der Waals surface area contributed by atoms with Crippen LogP contribution in [0.5, 0.6) is 0 Å². The summed E-state index contributed by atoms with van der Waals surface area (Å²) >= 11 is 5.62. The normalized spacial score (nSPS) is 10.4. The molecule has 0 aliphatic rings. The average molecular weight is 309 g/mol. The minimum absolute atomic E-state index is 0.0398. The van der Waals surface area contributed by atoms with Crippen molar-refractivity contribution in [3.63, 3.8) is 0 Å². The number of pyridine rings is 2. The van der Waals surface area contributed by atoms with Crippen LogP contribution in [-0.4, -0.2) is 22.1 Å². The van der Waals surface area contributed by atoms with Crippen molar-refractivity contribution in [1.29, 1.82) is 0 Å². The zero-order valence-corrected chi connectivity index (χ0v) is 11.8. The molecule has 21 heavy (non-hydrogen) atoms. The van der Waals surface area contributed by atoms with Gasteiger partial charge in [-0.25, -0.2) is 14.2 Å². The van der Waals surface area contributed by atoms with Crippen molar-refractivity contribution < 1.29 is 13.9 Å². The summed E-state index contributed by atoms with van der Waals surface area (Å²) in [6.45, 7) is 1.76. The maximum absolute atomic E-state index is 13.5. The lowest BCUT2D eigenvalue weighted by molar-refractivity contribution is 0.0524.